The minimum absolute atomic E-state index is 0.434. The lowest BCUT2D eigenvalue weighted by Gasteiger charge is -2.10. The van der Waals surface area contributed by atoms with Gasteiger partial charge < -0.3 is 15.8 Å². The minimum Gasteiger partial charge on any atom is -0.457 e. The molecule has 1 aliphatic carbocycles. The summed E-state index contributed by atoms with van der Waals surface area (Å²) in [5.41, 5.74) is 6.96. The van der Waals surface area contributed by atoms with Crippen molar-refractivity contribution >= 4 is 5.91 Å². The van der Waals surface area contributed by atoms with Crippen molar-refractivity contribution < 1.29 is 9.53 Å². The Bertz CT molecular complexity index is 674. The third kappa shape index (κ3) is 5.33. The first-order chi connectivity index (χ1) is 12.2. The second-order valence-corrected chi connectivity index (χ2v) is 6.75. The van der Waals surface area contributed by atoms with Crippen molar-refractivity contribution in [2.45, 2.75) is 38.6 Å². The second-order valence-electron chi connectivity index (χ2n) is 6.75. The maximum atomic E-state index is 11.1. The van der Waals surface area contributed by atoms with E-state index in [4.69, 9.17) is 10.5 Å². The van der Waals surface area contributed by atoms with Crippen LogP contribution in [0.5, 0.6) is 11.5 Å². The highest BCUT2D eigenvalue weighted by atomic mass is 16.5. The van der Waals surface area contributed by atoms with Crippen molar-refractivity contribution in [3.05, 3.63) is 59.7 Å². The molecule has 0 saturated heterocycles. The van der Waals surface area contributed by atoms with Crippen LogP contribution in [0, 0.1) is 5.92 Å². The van der Waals surface area contributed by atoms with Crippen LogP contribution >= 0.6 is 0 Å². The molecule has 2 aromatic rings. The minimum atomic E-state index is -0.434. The smallest absolute Gasteiger partial charge is 0.248 e. The van der Waals surface area contributed by atoms with E-state index < -0.39 is 5.91 Å². The van der Waals surface area contributed by atoms with Crippen molar-refractivity contribution in [3.63, 3.8) is 0 Å². The zero-order valence-corrected chi connectivity index (χ0v) is 14.5. The van der Waals surface area contributed by atoms with Crippen molar-refractivity contribution in [1.29, 1.82) is 0 Å². The highest BCUT2D eigenvalue weighted by Crippen LogP contribution is 2.27. The van der Waals surface area contributed by atoms with E-state index in [9.17, 15) is 4.79 Å². The normalized spacial score (nSPS) is 14.6. The summed E-state index contributed by atoms with van der Waals surface area (Å²) in [7, 11) is 0. The van der Waals surface area contributed by atoms with Crippen LogP contribution in [0.3, 0.4) is 0 Å². The van der Waals surface area contributed by atoms with Gasteiger partial charge in [-0.1, -0.05) is 37.8 Å². The Balaban J connectivity index is 1.44. The molecule has 3 rings (SSSR count). The third-order valence-corrected chi connectivity index (χ3v) is 4.83. The van der Waals surface area contributed by atoms with Crippen molar-refractivity contribution in [1.82, 2.24) is 5.32 Å². The molecule has 0 aliphatic heterocycles. The van der Waals surface area contributed by atoms with Crippen LogP contribution in [-0.4, -0.2) is 12.5 Å². The van der Waals surface area contributed by atoms with Crippen LogP contribution in [-0.2, 0) is 6.54 Å². The number of rotatable bonds is 8. The van der Waals surface area contributed by atoms with Gasteiger partial charge in [-0.15, -0.1) is 0 Å². The standard InChI is InChI=1S/C21H26N2O2/c22-21(24)18-7-11-20(12-8-18)25-19-9-5-17(6-10-19)15-23-14-13-16-3-1-2-4-16/h5-12,16,23H,1-4,13-15H2,(H2,22,24). The second kappa shape index (κ2) is 8.67. The summed E-state index contributed by atoms with van der Waals surface area (Å²) in [6, 6.07) is 14.9. The summed E-state index contributed by atoms with van der Waals surface area (Å²) < 4.78 is 5.79. The van der Waals surface area contributed by atoms with Gasteiger partial charge in [0.15, 0.2) is 0 Å². The van der Waals surface area contributed by atoms with Gasteiger partial charge in [-0.25, -0.2) is 0 Å². The first-order valence-electron chi connectivity index (χ1n) is 9.08. The van der Waals surface area contributed by atoms with E-state index in [2.05, 4.69) is 17.4 Å². The molecule has 1 amide bonds. The molecular weight excluding hydrogens is 312 g/mol. The fourth-order valence-corrected chi connectivity index (χ4v) is 3.34. The molecule has 0 unspecified atom stereocenters. The Kier molecular flexibility index (Phi) is 6.07. The summed E-state index contributed by atoms with van der Waals surface area (Å²) in [6.07, 6.45) is 6.94. The monoisotopic (exact) mass is 338 g/mol. The molecule has 1 saturated carbocycles. The molecule has 0 atom stereocenters. The number of benzene rings is 2. The van der Waals surface area contributed by atoms with Gasteiger partial charge in [0.05, 0.1) is 0 Å². The van der Waals surface area contributed by atoms with Gasteiger partial charge in [0.25, 0.3) is 0 Å². The van der Waals surface area contributed by atoms with Crippen LogP contribution < -0.4 is 15.8 Å². The van der Waals surface area contributed by atoms with Crippen molar-refractivity contribution in [2.24, 2.45) is 11.7 Å². The van der Waals surface area contributed by atoms with Gasteiger partial charge in [-0.3, -0.25) is 4.79 Å². The van der Waals surface area contributed by atoms with Gasteiger partial charge in [0, 0.05) is 12.1 Å². The SMILES string of the molecule is NC(=O)c1ccc(Oc2ccc(CNCCC3CCCC3)cc2)cc1. The summed E-state index contributed by atoms with van der Waals surface area (Å²) in [6.45, 7) is 1.98. The average molecular weight is 338 g/mol. The molecule has 0 heterocycles. The number of ether oxygens (including phenoxy) is 1. The van der Waals surface area contributed by atoms with E-state index in [-0.39, 0.29) is 0 Å². The Labute approximate surface area is 149 Å². The molecule has 0 aromatic heterocycles. The number of carbonyl (C=O) groups excluding carboxylic acids is 1. The van der Waals surface area contributed by atoms with Crippen LogP contribution in [0.25, 0.3) is 0 Å². The Morgan fingerprint density at radius 1 is 1.00 bits per heavy atom. The molecule has 0 spiro atoms. The molecule has 1 aliphatic rings. The largest absolute Gasteiger partial charge is 0.457 e. The first kappa shape index (κ1) is 17.5. The van der Waals surface area contributed by atoms with Crippen molar-refractivity contribution in [2.75, 3.05) is 6.54 Å². The molecule has 4 heteroatoms. The number of carbonyl (C=O) groups is 1. The summed E-state index contributed by atoms with van der Waals surface area (Å²) in [4.78, 5) is 11.1. The topological polar surface area (TPSA) is 64.4 Å². The molecule has 132 valence electrons. The molecular formula is C21H26N2O2. The van der Waals surface area contributed by atoms with E-state index in [0.717, 1.165) is 24.8 Å². The molecule has 0 bridgehead atoms. The zero-order chi connectivity index (χ0) is 17.5. The molecule has 1 fully saturated rings. The maximum Gasteiger partial charge on any atom is 0.248 e. The van der Waals surface area contributed by atoms with E-state index >= 15 is 0 Å². The number of nitrogens with two attached hydrogens (primary N) is 1. The van der Waals surface area contributed by atoms with Crippen LogP contribution in [0.4, 0.5) is 0 Å². The van der Waals surface area contributed by atoms with E-state index in [1.54, 1.807) is 24.3 Å². The Morgan fingerprint density at radius 3 is 2.20 bits per heavy atom. The number of hydrogen-bond acceptors (Lipinski definition) is 3. The van der Waals surface area contributed by atoms with Gasteiger partial charge >= 0.3 is 0 Å². The Hall–Kier alpha value is -2.33. The molecule has 0 radical (unpaired) electrons. The number of hydrogen-bond donors (Lipinski definition) is 2. The average Bonchev–Trinajstić information content (AvgIpc) is 3.14. The van der Waals surface area contributed by atoms with Crippen molar-refractivity contribution in [3.8, 4) is 11.5 Å². The van der Waals surface area contributed by atoms with Crippen LogP contribution in [0.15, 0.2) is 48.5 Å². The van der Waals surface area contributed by atoms with Gasteiger partial charge in [0.1, 0.15) is 11.5 Å². The zero-order valence-electron chi connectivity index (χ0n) is 14.5. The van der Waals surface area contributed by atoms with E-state index in [1.807, 2.05) is 12.1 Å². The predicted molar refractivity (Wildman–Crippen MR) is 99.8 cm³/mol. The summed E-state index contributed by atoms with van der Waals surface area (Å²) >= 11 is 0. The summed E-state index contributed by atoms with van der Waals surface area (Å²) in [5.74, 6) is 1.97. The molecule has 4 nitrogen and oxygen atoms in total. The molecule has 3 N–H and O–H groups in total. The van der Waals surface area contributed by atoms with Crippen LogP contribution in [0.2, 0.25) is 0 Å². The highest BCUT2D eigenvalue weighted by molar-refractivity contribution is 5.92. The van der Waals surface area contributed by atoms with Gasteiger partial charge in [-0.05, 0) is 60.8 Å². The molecule has 2 aromatic carbocycles. The molecule has 25 heavy (non-hydrogen) atoms. The first-order valence-corrected chi connectivity index (χ1v) is 9.08. The third-order valence-electron chi connectivity index (χ3n) is 4.83. The fourth-order valence-electron chi connectivity index (χ4n) is 3.34. The number of amides is 1. The summed E-state index contributed by atoms with van der Waals surface area (Å²) in [5, 5.41) is 3.53. The lowest BCUT2D eigenvalue weighted by atomic mass is 10.0. The Morgan fingerprint density at radius 2 is 1.60 bits per heavy atom. The van der Waals surface area contributed by atoms with Crippen LogP contribution in [0.1, 0.15) is 48.0 Å². The number of nitrogens with one attached hydrogen (secondary N) is 1. The van der Waals surface area contributed by atoms with Gasteiger partial charge in [-0.2, -0.15) is 0 Å². The quantitative estimate of drug-likeness (QED) is 0.707. The lowest BCUT2D eigenvalue weighted by molar-refractivity contribution is 0.100. The van der Waals surface area contributed by atoms with E-state index in [0.29, 0.717) is 11.3 Å². The predicted octanol–water partition coefficient (Wildman–Crippen LogP) is 4.25. The van der Waals surface area contributed by atoms with E-state index in [1.165, 1.54) is 37.7 Å². The maximum absolute atomic E-state index is 11.1. The van der Waals surface area contributed by atoms with Gasteiger partial charge in [0.2, 0.25) is 5.91 Å². The number of primary amides is 1. The highest BCUT2D eigenvalue weighted by Gasteiger charge is 2.13. The lowest BCUT2D eigenvalue weighted by Crippen LogP contribution is -2.16. The fraction of sp³-hybridized carbons (Fsp3) is 0.381.